The van der Waals surface area contributed by atoms with Crippen LogP contribution in [0.3, 0.4) is 0 Å². The molecule has 2 N–H and O–H groups in total. The second-order valence-electron chi connectivity index (χ2n) is 13.3. The molecule has 0 aromatic rings. The van der Waals surface area contributed by atoms with Crippen LogP contribution < -0.4 is 10.6 Å². The van der Waals surface area contributed by atoms with Crippen molar-refractivity contribution < 1.29 is 32.4 Å². The van der Waals surface area contributed by atoms with Gasteiger partial charge in [0.05, 0.1) is 6.04 Å². The maximum Gasteiger partial charge on any atom is 0.500 e. The molecule has 1 aliphatic rings. The first-order valence-corrected chi connectivity index (χ1v) is 19.1. The van der Waals surface area contributed by atoms with Crippen molar-refractivity contribution in [2.75, 3.05) is 32.9 Å². The Labute approximate surface area is 268 Å². The van der Waals surface area contributed by atoms with Gasteiger partial charge in [-0.15, -0.1) is 0 Å². The fourth-order valence-electron chi connectivity index (χ4n) is 6.71. The second-order valence-corrected chi connectivity index (χ2v) is 16.1. The van der Waals surface area contributed by atoms with Gasteiger partial charge in [0.2, 0.25) is 12.0 Å². The van der Waals surface area contributed by atoms with E-state index in [4.69, 9.17) is 18.0 Å². The van der Waals surface area contributed by atoms with E-state index in [2.05, 4.69) is 43.3 Å². The zero-order chi connectivity index (χ0) is 32.9. The molecule has 0 bridgehead atoms. The van der Waals surface area contributed by atoms with Crippen LogP contribution >= 0.6 is 0 Å². The number of hydrogen-bond donors (Lipinski definition) is 2. The Morgan fingerprint density at radius 3 is 2.14 bits per heavy atom. The number of alkyl carbamates (subject to hydrolysis) is 1. The Morgan fingerprint density at radius 1 is 0.886 bits per heavy atom. The summed E-state index contributed by atoms with van der Waals surface area (Å²) in [5, 5.41) is 6.01. The predicted molar refractivity (Wildman–Crippen MR) is 176 cm³/mol. The van der Waals surface area contributed by atoms with E-state index in [0.717, 1.165) is 44.9 Å². The summed E-state index contributed by atoms with van der Waals surface area (Å²) in [6.07, 6.45) is 12.4. The average Bonchev–Trinajstić information content (AvgIpc) is 2.94. The smallest absolute Gasteiger partial charge is 0.446 e. The molecule has 3 unspecified atom stereocenters. The Morgan fingerprint density at radius 2 is 1.52 bits per heavy atom. The van der Waals surface area contributed by atoms with Crippen molar-refractivity contribution in [3.63, 3.8) is 0 Å². The first-order valence-electron chi connectivity index (χ1n) is 17.2. The Bertz CT molecular complexity index is 851. The summed E-state index contributed by atoms with van der Waals surface area (Å²) >= 11 is 0. The fourth-order valence-corrected chi connectivity index (χ4v) is 9.32. The van der Waals surface area contributed by atoms with Crippen LogP contribution in [0.15, 0.2) is 4.99 Å². The van der Waals surface area contributed by atoms with Crippen molar-refractivity contribution in [1.29, 1.82) is 0 Å². The molecule has 0 saturated heterocycles. The Balaban J connectivity index is 2.58. The molecule has 1 rings (SSSR count). The van der Waals surface area contributed by atoms with Crippen molar-refractivity contribution in [3.05, 3.63) is 0 Å². The molecular formula is C33H63N3O7Si. The summed E-state index contributed by atoms with van der Waals surface area (Å²) in [6, 6.07) is 0.581. The molecule has 0 spiro atoms. The summed E-state index contributed by atoms with van der Waals surface area (Å²) in [4.78, 5) is 40.4. The van der Waals surface area contributed by atoms with Crippen molar-refractivity contribution in [2.24, 2.45) is 15.8 Å². The third-order valence-corrected chi connectivity index (χ3v) is 11.4. The molecule has 11 heteroatoms. The van der Waals surface area contributed by atoms with Gasteiger partial charge in [-0.2, -0.15) is 0 Å². The number of rotatable bonds is 24. The Kier molecular flexibility index (Phi) is 20.0. The lowest BCUT2D eigenvalue weighted by atomic mass is 9.63. The molecule has 0 radical (unpaired) electrons. The molecule has 1 saturated carbocycles. The number of hydrogen-bond acceptors (Lipinski definition) is 8. The third-order valence-electron chi connectivity index (χ3n) is 8.22. The first kappa shape index (κ1) is 40.2. The van der Waals surface area contributed by atoms with Crippen molar-refractivity contribution in [3.8, 4) is 0 Å². The molecule has 1 fully saturated rings. The molecule has 2 amide bonds. The van der Waals surface area contributed by atoms with Gasteiger partial charge in [0.15, 0.2) is 0 Å². The topological polar surface area (TPSA) is 125 Å². The van der Waals surface area contributed by atoms with Crippen LogP contribution in [0.5, 0.6) is 0 Å². The maximum absolute atomic E-state index is 12.9. The lowest BCUT2D eigenvalue weighted by molar-refractivity contribution is -0.121. The van der Waals surface area contributed by atoms with Crippen molar-refractivity contribution in [1.82, 2.24) is 10.6 Å². The minimum atomic E-state index is -2.71. The van der Waals surface area contributed by atoms with E-state index in [-0.39, 0.29) is 28.9 Å². The second kappa shape index (κ2) is 21.9. The highest BCUT2D eigenvalue weighted by Gasteiger charge is 2.42. The van der Waals surface area contributed by atoms with Crippen LogP contribution in [0.1, 0.15) is 132 Å². The molecule has 10 nitrogen and oxygen atoms in total. The molecule has 0 aliphatic heterocycles. The highest BCUT2D eigenvalue weighted by Crippen LogP contribution is 2.46. The van der Waals surface area contributed by atoms with E-state index in [1.54, 1.807) is 6.08 Å². The van der Waals surface area contributed by atoms with Gasteiger partial charge in [0.25, 0.3) is 0 Å². The van der Waals surface area contributed by atoms with Crippen LogP contribution in [0.4, 0.5) is 4.79 Å². The van der Waals surface area contributed by atoms with Crippen LogP contribution in [-0.2, 0) is 27.6 Å². The number of nitrogens with one attached hydrogen (secondary N) is 2. The van der Waals surface area contributed by atoms with Gasteiger partial charge >= 0.3 is 14.9 Å². The minimum absolute atomic E-state index is 0.00646. The van der Waals surface area contributed by atoms with Gasteiger partial charge in [-0.25, -0.2) is 14.6 Å². The molecule has 0 heterocycles. The van der Waals surface area contributed by atoms with E-state index in [1.165, 1.54) is 19.3 Å². The van der Waals surface area contributed by atoms with Crippen LogP contribution in [0, 0.1) is 10.8 Å². The number of aliphatic imine (C=N–C) groups is 1. The number of isocyanates is 1. The third kappa shape index (κ3) is 17.1. The van der Waals surface area contributed by atoms with Crippen LogP contribution in [0.25, 0.3) is 0 Å². The fraction of sp³-hybridized carbons (Fsp3) is 0.909. The number of nitrogens with zero attached hydrogens (tertiary/aromatic N) is 1. The van der Waals surface area contributed by atoms with Gasteiger partial charge in [-0.1, -0.05) is 53.4 Å². The largest absolute Gasteiger partial charge is 0.500 e. The van der Waals surface area contributed by atoms with E-state index < -0.39 is 14.9 Å². The minimum Gasteiger partial charge on any atom is -0.446 e. The van der Waals surface area contributed by atoms with Gasteiger partial charge in [0.1, 0.15) is 6.10 Å². The maximum atomic E-state index is 12.9. The quantitative estimate of drug-likeness (QED) is 0.0499. The van der Waals surface area contributed by atoms with E-state index in [0.29, 0.717) is 58.2 Å². The predicted octanol–water partition coefficient (Wildman–Crippen LogP) is 7.09. The lowest BCUT2D eigenvalue weighted by Gasteiger charge is -2.45. The van der Waals surface area contributed by atoms with Crippen LogP contribution in [0.2, 0.25) is 6.04 Å². The van der Waals surface area contributed by atoms with Gasteiger partial charge in [0, 0.05) is 45.4 Å². The molecule has 1 aliphatic carbocycles. The molecule has 44 heavy (non-hydrogen) atoms. The van der Waals surface area contributed by atoms with E-state index in [9.17, 15) is 14.4 Å². The zero-order valence-electron chi connectivity index (χ0n) is 28.9. The lowest BCUT2D eigenvalue weighted by Crippen LogP contribution is -2.46. The highest BCUT2D eigenvalue weighted by molar-refractivity contribution is 6.60. The number of ether oxygens (including phenoxy) is 1. The number of carbonyl (C=O) groups is 2. The summed E-state index contributed by atoms with van der Waals surface area (Å²) in [6.45, 7) is 17.1. The number of unbranched alkanes of at least 4 members (excludes halogenated alkanes) is 4. The Hall–Kier alpha value is -1.78. The SMILES string of the molecule is CCCCCCCC(CCCC(=O)NCCC[Si](OCC)(OCC)OCC)OC(=O)NCC1(C)CC(N=C=O)CC(C)(C)C1. The van der Waals surface area contributed by atoms with Crippen molar-refractivity contribution >= 4 is 26.9 Å². The summed E-state index contributed by atoms with van der Waals surface area (Å²) in [7, 11) is -2.71. The van der Waals surface area contributed by atoms with Gasteiger partial charge in [-0.3, -0.25) is 4.79 Å². The molecule has 256 valence electrons. The molecule has 3 atom stereocenters. The van der Waals surface area contributed by atoms with Gasteiger partial charge < -0.3 is 28.6 Å². The first-order chi connectivity index (χ1) is 21.0. The molecule has 0 aromatic carbocycles. The standard InChI is InChI=1S/C33H63N3O7Si/c1-8-12-13-14-15-18-29(43-31(39)35-26-33(7)24-28(36-27-37)23-32(5,6)25-33)19-16-20-30(38)34-21-17-22-44(40-9-2,41-10-3)42-11-4/h28-29H,8-26H2,1-7H3,(H,34,38)(H,35,39). The average molecular weight is 642 g/mol. The highest BCUT2D eigenvalue weighted by atomic mass is 28.4. The van der Waals surface area contributed by atoms with Crippen molar-refractivity contribution in [2.45, 2.75) is 150 Å². The van der Waals surface area contributed by atoms with E-state index >= 15 is 0 Å². The summed E-state index contributed by atoms with van der Waals surface area (Å²) in [5.41, 5.74) is -0.165. The van der Waals surface area contributed by atoms with Crippen LogP contribution in [-0.4, -0.2) is 71.9 Å². The monoisotopic (exact) mass is 641 g/mol. The van der Waals surface area contributed by atoms with E-state index in [1.807, 2.05) is 20.8 Å². The zero-order valence-corrected chi connectivity index (χ0v) is 29.9. The molecule has 0 aromatic heterocycles. The summed E-state index contributed by atoms with van der Waals surface area (Å²) < 4.78 is 23.6. The normalized spacial score (nSPS) is 20.4. The summed E-state index contributed by atoms with van der Waals surface area (Å²) in [5.74, 6) is -0.00646. The number of amides is 2. The molecular weight excluding hydrogens is 578 g/mol. The number of carbonyl (C=O) groups excluding carboxylic acids is 3. The van der Waals surface area contributed by atoms with Gasteiger partial charge in [-0.05, 0) is 83.0 Å².